The molecule has 0 saturated carbocycles. The molecule has 1 atom stereocenters. The third kappa shape index (κ3) is 3.10. The van der Waals surface area contributed by atoms with Crippen molar-refractivity contribution in [3.63, 3.8) is 0 Å². The van der Waals surface area contributed by atoms with Crippen molar-refractivity contribution in [2.45, 2.75) is 25.7 Å². The summed E-state index contributed by atoms with van der Waals surface area (Å²) in [5.74, 6) is 4.44. The van der Waals surface area contributed by atoms with Gasteiger partial charge in [0.2, 0.25) is 0 Å². The molecule has 0 radical (unpaired) electrons. The number of hydrazine groups is 1. The van der Waals surface area contributed by atoms with Crippen molar-refractivity contribution in [3.05, 3.63) is 70.3 Å². The van der Waals surface area contributed by atoms with E-state index < -0.39 is 11.6 Å². The number of hydrogen-bond acceptors (Lipinski definition) is 3. The van der Waals surface area contributed by atoms with E-state index in [1.54, 1.807) is 0 Å². The molecule has 0 amide bonds. The van der Waals surface area contributed by atoms with Crippen LogP contribution in [0.5, 0.6) is 0 Å². The number of nitrogens with two attached hydrogens (primary N) is 1. The Hall–Kier alpha value is -1.82. The SMILES string of the molecule is NNC(Cc1cc(F)cc(F)c1)c1ccc2c(c1)COC2. The molecule has 0 saturated heterocycles. The smallest absolute Gasteiger partial charge is 0.126 e. The summed E-state index contributed by atoms with van der Waals surface area (Å²) in [5.41, 5.74) is 6.56. The van der Waals surface area contributed by atoms with Crippen molar-refractivity contribution in [1.82, 2.24) is 5.43 Å². The molecular formula is C16H16F2N2O. The lowest BCUT2D eigenvalue weighted by atomic mass is 9.96. The molecule has 5 heteroatoms. The molecule has 0 aromatic heterocycles. The summed E-state index contributed by atoms with van der Waals surface area (Å²) in [6, 6.07) is 9.30. The van der Waals surface area contributed by atoms with Crippen LogP contribution in [0.15, 0.2) is 36.4 Å². The molecule has 1 aliphatic heterocycles. The predicted molar refractivity (Wildman–Crippen MR) is 75.1 cm³/mol. The second kappa shape index (κ2) is 5.89. The van der Waals surface area contributed by atoms with Crippen LogP contribution in [-0.4, -0.2) is 0 Å². The van der Waals surface area contributed by atoms with Crippen LogP contribution in [0, 0.1) is 11.6 Å². The predicted octanol–water partition coefficient (Wildman–Crippen LogP) is 2.74. The van der Waals surface area contributed by atoms with Crippen LogP contribution in [0.1, 0.15) is 28.3 Å². The first-order chi connectivity index (χ1) is 10.2. The van der Waals surface area contributed by atoms with Gasteiger partial charge < -0.3 is 4.74 Å². The van der Waals surface area contributed by atoms with E-state index >= 15 is 0 Å². The fraction of sp³-hybridized carbons (Fsp3) is 0.250. The van der Waals surface area contributed by atoms with Crippen LogP contribution in [0.2, 0.25) is 0 Å². The van der Waals surface area contributed by atoms with Gasteiger partial charge in [0.15, 0.2) is 0 Å². The fourth-order valence-corrected chi connectivity index (χ4v) is 2.65. The van der Waals surface area contributed by atoms with Crippen LogP contribution in [0.4, 0.5) is 8.78 Å². The highest BCUT2D eigenvalue weighted by atomic mass is 19.1. The highest BCUT2D eigenvalue weighted by Crippen LogP contribution is 2.25. The van der Waals surface area contributed by atoms with E-state index in [1.165, 1.54) is 17.7 Å². The van der Waals surface area contributed by atoms with Gasteiger partial charge in [-0.05, 0) is 40.8 Å². The molecule has 2 aromatic carbocycles. The van der Waals surface area contributed by atoms with Gasteiger partial charge in [-0.2, -0.15) is 0 Å². The average Bonchev–Trinajstić information content (AvgIpc) is 2.91. The van der Waals surface area contributed by atoms with Crippen molar-refractivity contribution in [2.75, 3.05) is 0 Å². The molecule has 3 N–H and O–H groups in total. The number of ether oxygens (including phenoxy) is 1. The van der Waals surface area contributed by atoms with Crippen molar-refractivity contribution < 1.29 is 13.5 Å². The molecule has 0 fully saturated rings. The summed E-state index contributed by atoms with van der Waals surface area (Å²) in [6.45, 7) is 1.22. The minimum absolute atomic E-state index is 0.211. The van der Waals surface area contributed by atoms with E-state index in [9.17, 15) is 8.78 Å². The van der Waals surface area contributed by atoms with E-state index in [-0.39, 0.29) is 6.04 Å². The second-order valence-electron chi connectivity index (χ2n) is 5.22. The number of nitrogens with one attached hydrogen (secondary N) is 1. The van der Waals surface area contributed by atoms with E-state index in [0.29, 0.717) is 25.2 Å². The van der Waals surface area contributed by atoms with E-state index in [1.807, 2.05) is 18.2 Å². The number of hydrogen-bond donors (Lipinski definition) is 2. The Labute approximate surface area is 121 Å². The highest BCUT2D eigenvalue weighted by Gasteiger charge is 2.16. The summed E-state index contributed by atoms with van der Waals surface area (Å²) < 4.78 is 31.9. The Morgan fingerprint density at radius 1 is 1.05 bits per heavy atom. The third-order valence-corrected chi connectivity index (χ3v) is 3.71. The molecule has 1 unspecified atom stereocenters. The number of halogens is 2. The van der Waals surface area contributed by atoms with Gasteiger partial charge in [-0.25, -0.2) is 8.78 Å². The lowest BCUT2D eigenvalue weighted by Gasteiger charge is -2.17. The maximum absolute atomic E-state index is 13.3. The Kier molecular flexibility index (Phi) is 3.96. The molecular weight excluding hydrogens is 274 g/mol. The minimum Gasteiger partial charge on any atom is -0.372 e. The van der Waals surface area contributed by atoms with Crippen LogP contribution in [0.25, 0.3) is 0 Å². The van der Waals surface area contributed by atoms with Crippen LogP contribution in [0.3, 0.4) is 0 Å². The third-order valence-electron chi connectivity index (χ3n) is 3.71. The molecule has 1 aliphatic rings. The highest BCUT2D eigenvalue weighted by molar-refractivity contribution is 5.35. The van der Waals surface area contributed by atoms with Gasteiger partial charge in [-0.3, -0.25) is 11.3 Å². The lowest BCUT2D eigenvalue weighted by molar-refractivity contribution is 0.134. The molecule has 110 valence electrons. The summed E-state index contributed by atoms with van der Waals surface area (Å²) in [4.78, 5) is 0. The number of rotatable bonds is 4. The molecule has 21 heavy (non-hydrogen) atoms. The Balaban J connectivity index is 1.84. The van der Waals surface area contributed by atoms with E-state index in [0.717, 1.165) is 17.2 Å². The Morgan fingerprint density at radius 3 is 2.48 bits per heavy atom. The fourth-order valence-electron chi connectivity index (χ4n) is 2.65. The van der Waals surface area contributed by atoms with Crippen LogP contribution >= 0.6 is 0 Å². The normalized spacial score (nSPS) is 15.0. The van der Waals surface area contributed by atoms with Gasteiger partial charge in [-0.1, -0.05) is 18.2 Å². The topological polar surface area (TPSA) is 47.3 Å². The largest absolute Gasteiger partial charge is 0.372 e. The zero-order valence-corrected chi connectivity index (χ0v) is 11.4. The van der Waals surface area contributed by atoms with Crippen molar-refractivity contribution in [2.24, 2.45) is 5.84 Å². The quantitative estimate of drug-likeness (QED) is 0.672. The first-order valence-corrected chi connectivity index (χ1v) is 6.76. The van der Waals surface area contributed by atoms with Gasteiger partial charge in [0.1, 0.15) is 11.6 Å². The van der Waals surface area contributed by atoms with Gasteiger partial charge >= 0.3 is 0 Å². The van der Waals surface area contributed by atoms with Crippen molar-refractivity contribution >= 4 is 0 Å². The average molecular weight is 290 g/mol. The monoisotopic (exact) mass is 290 g/mol. The summed E-state index contributed by atoms with van der Waals surface area (Å²) in [6.07, 6.45) is 0.408. The van der Waals surface area contributed by atoms with Crippen LogP contribution < -0.4 is 11.3 Å². The van der Waals surface area contributed by atoms with E-state index in [2.05, 4.69) is 5.43 Å². The van der Waals surface area contributed by atoms with E-state index in [4.69, 9.17) is 10.6 Å². The molecule has 0 bridgehead atoms. The molecule has 0 spiro atoms. The van der Waals surface area contributed by atoms with Gasteiger partial charge in [0.05, 0.1) is 13.2 Å². The van der Waals surface area contributed by atoms with Crippen LogP contribution in [-0.2, 0) is 24.4 Å². The first-order valence-electron chi connectivity index (χ1n) is 6.76. The Bertz CT molecular complexity index is 640. The maximum Gasteiger partial charge on any atom is 0.126 e. The summed E-state index contributed by atoms with van der Waals surface area (Å²) in [5, 5.41) is 0. The number of benzene rings is 2. The lowest BCUT2D eigenvalue weighted by Crippen LogP contribution is -2.29. The Morgan fingerprint density at radius 2 is 1.76 bits per heavy atom. The molecule has 3 nitrogen and oxygen atoms in total. The van der Waals surface area contributed by atoms with Crippen molar-refractivity contribution in [1.29, 1.82) is 0 Å². The zero-order valence-electron chi connectivity index (χ0n) is 11.4. The standard InChI is InChI=1S/C16H16F2N2O/c17-14-3-10(4-15(18)7-14)5-16(20-19)11-1-2-12-8-21-9-13(12)6-11/h1-4,6-7,16,20H,5,8-9,19H2. The number of fused-ring (bicyclic) bond motifs is 1. The minimum atomic E-state index is -0.580. The maximum atomic E-state index is 13.3. The van der Waals surface area contributed by atoms with Gasteiger partial charge in [-0.15, -0.1) is 0 Å². The van der Waals surface area contributed by atoms with Gasteiger partial charge in [0.25, 0.3) is 0 Å². The molecule has 0 aliphatic carbocycles. The summed E-state index contributed by atoms with van der Waals surface area (Å²) in [7, 11) is 0. The molecule has 1 heterocycles. The second-order valence-corrected chi connectivity index (χ2v) is 5.22. The molecule has 2 aromatic rings. The van der Waals surface area contributed by atoms with Crippen molar-refractivity contribution in [3.8, 4) is 0 Å². The first kappa shape index (κ1) is 14.1. The van der Waals surface area contributed by atoms with Gasteiger partial charge in [0, 0.05) is 12.1 Å². The summed E-state index contributed by atoms with van der Waals surface area (Å²) >= 11 is 0. The molecule has 3 rings (SSSR count). The zero-order chi connectivity index (χ0) is 14.8.